The zero-order valence-electron chi connectivity index (χ0n) is 27.9. The molecular weight excluding hydrogens is 688 g/mol. The Labute approximate surface area is 327 Å². The molecule has 2 aliphatic heterocycles. The number of pyridine rings is 2. The number of aliphatic imine (C=N–C) groups is 2. The van der Waals surface area contributed by atoms with E-state index in [9.17, 15) is 23.0 Å². The van der Waals surface area contributed by atoms with Gasteiger partial charge in [0.1, 0.15) is 33.7 Å². The molecule has 0 saturated heterocycles. The number of anilines is 2. The van der Waals surface area contributed by atoms with Gasteiger partial charge in [0.2, 0.25) is 0 Å². The van der Waals surface area contributed by atoms with E-state index in [2.05, 4.69) is 57.3 Å². The number of rotatable bonds is 16. The van der Waals surface area contributed by atoms with Crippen LogP contribution in [-0.4, -0.2) is 52.7 Å². The van der Waals surface area contributed by atoms with E-state index in [0.29, 0.717) is 42.9 Å². The summed E-state index contributed by atoms with van der Waals surface area (Å²) in [5.74, 6) is 0.0214. The van der Waals surface area contributed by atoms with Crippen molar-refractivity contribution in [1.29, 1.82) is 0 Å². The molecule has 0 atom stereocenters. The van der Waals surface area contributed by atoms with E-state index in [0.717, 1.165) is 47.0 Å². The average molecular weight is 727 g/mol. The smallest absolute Gasteiger partial charge is 0.747 e. The van der Waals surface area contributed by atoms with Gasteiger partial charge in [0, 0.05) is 29.6 Å². The fourth-order valence-electron chi connectivity index (χ4n) is 5.78. The molecule has 0 unspecified atom stereocenters. The molecule has 4 rings (SSSR count). The topological polar surface area (TPSA) is 193 Å². The molecule has 0 fully saturated rings. The third-order valence-corrected chi connectivity index (χ3v) is 9.06. The van der Waals surface area contributed by atoms with Gasteiger partial charge in [-0.2, -0.15) is 4.33 Å². The minimum atomic E-state index is -4.44. The van der Waals surface area contributed by atoms with Crippen LogP contribution < -0.4 is 71.4 Å². The van der Waals surface area contributed by atoms with Crippen molar-refractivity contribution < 1.29 is 93.5 Å². The van der Waals surface area contributed by atoms with E-state index in [4.69, 9.17) is 10.1 Å². The molecule has 2 aromatic rings. The Bertz CT molecular complexity index is 1730. The molecule has 17 heteroatoms. The van der Waals surface area contributed by atoms with Crippen LogP contribution in [0.15, 0.2) is 58.4 Å². The molecule has 254 valence electrons. The summed E-state index contributed by atoms with van der Waals surface area (Å²) >= 11 is 0.653. The number of carboxylic acid groups (broad SMARTS) is 1. The van der Waals surface area contributed by atoms with Gasteiger partial charge in [0.25, 0.3) is 0 Å². The van der Waals surface area contributed by atoms with Crippen LogP contribution in [0.25, 0.3) is 0 Å². The number of carbonyl (C=O) groups is 1. The third kappa shape index (κ3) is 9.81. The van der Waals surface area contributed by atoms with Gasteiger partial charge in [-0.3, -0.25) is 9.83 Å². The first-order chi connectivity index (χ1) is 22.2. The Hall–Kier alpha value is -2.03. The van der Waals surface area contributed by atoms with Crippen molar-refractivity contribution in [2.24, 2.45) is 9.98 Å². The van der Waals surface area contributed by atoms with Crippen LogP contribution >= 0.6 is 12.0 Å². The summed E-state index contributed by atoms with van der Waals surface area (Å²) in [5.41, 5.74) is 5.18. The van der Waals surface area contributed by atoms with E-state index in [-0.39, 0.29) is 57.8 Å². The standard InChI is InChI=1S/C31H40N6O8S2.K/c1-6-37-26(31(4,5)23-15-21(17-32-28(23)37)34-20-47(41,42)43)12-10-11-25-30(2,3)24-16-22(33-19-46-45-44-40)18-36(29(24)35-25)14-9-7-8-13-27(38)39;/h10-12,15-19,34H,6-9,13-14,20H2,1-5H3,(H2-,38,39,40,41,42,43);/q;+1/p-1. The number of unbranched alkanes of at least 4 members (excludes halogenated alkanes) is 2. The van der Waals surface area contributed by atoms with Crippen LogP contribution in [0.1, 0.15) is 71.4 Å². The Morgan fingerprint density at radius 2 is 1.94 bits per heavy atom. The number of allylic oxidation sites excluding steroid dienone is 4. The van der Waals surface area contributed by atoms with Crippen molar-refractivity contribution in [1.82, 2.24) is 4.98 Å². The van der Waals surface area contributed by atoms with Crippen LogP contribution in [-0.2, 0) is 41.7 Å². The van der Waals surface area contributed by atoms with Crippen molar-refractivity contribution in [3.05, 3.63) is 59.6 Å². The first-order valence-corrected chi connectivity index (χ1v) is 17.4. The van der Waals surface area contributed by atoms with Crippen LogP contribution in [0.3, 0.4) is 0 Å². The maximum atomic E-state index is 11.1. The SMILES string of the molecule is CCN1/C(=C/C=C/C2=Nc3c(cc(N=CSOO[O-])c[n+]3CCCCCC(=O)O)C2(C)C)C(C)(C)c2cc(NCS(=O)(=O)[O-])cnc21.[K+]. The van der Waals surface area contributed by atoms with Crippen LogP contribution in [0.4, 0.5) is 23.0 Å². The van der Waals surface area contributed by atoms with Gasteiger partial charge in [-0.05, 0) is 69.3 Å². The molecule has 0 radical (unpaired) electrons. The van der Waals surface area contributed by atoms with Gasteiger partial charge in [-0.25, -0.2) is 23.0 Å². The number of aryl methyl sites for hydroxylation is 1. The molecule has 0 bridgehead atoms. The zero-order valence-corrected chi connectivity index (χ0v) is 32.7. The molecular formula is C31H39KN6O8S2. The molecule has 4 heterocycles. The summed E-state index contributed by atoms with van der Waals surface area (Å²) < 4.78 is 39.7. The quantitative estimate of drug-likeness (QED) is 0.0288. The Balaban J connectivity index is 0.00000625. The van der Waals surface area contributed by atoms with Gasteiger partial charge in [0.05, 0.1) is 47.0 Å². The van der Waals surface area contributed by atoms with Gasteiger partial charge in [-0.15, -0.1) is 0 Å². The van der Waals surface area contributed by atoms with Gasteiger partial charge in [-0.1, -0.05) is 19.9 Å². The molecule has 14 nitrogen and oxygen atoms in total. The Kier molecular flexibility index (Phi) is 14.5. The van der Waals surface area contributed by atoms with Crippen molar-refractivity contribution in [3.63, 3.8) is 0 Å². The fraction of sp³-hybridized carbons (Fsp3) is 0.452. The first kappa shape index (κ1) is 40.4. The molecule has 48 heavy (non-hydrogen) atoms. The number of nitrogens with zero attached hydrogens (tertiary/aromatic N) is 5. The largest absolute Gasteiger partial charge is 1.00 e. The summed E-state index contributed by atoms with van der Waals surface area (Å²) in [6.45, 7) is 11.6. The third-order valence-electron chi connectivity index (χ3n) is 8.24. The van der Waals surface area contributed by atoms with E-state index in [1.54, 1.807) is 0 Å². The Morgan fingerprint density at radius 3 is 2.60 bits per heavy atom. The van der Waals surface area contributed by atoms with Crippen LogP contribution in [0.2, 0.25) is 0 Å². The van der Waals surface area contributed by atoms with E-state index in [1.807, 2.05) is 48.0 Å². The monoisotopic (exact) mass is 726 g/mol. The normalized spacial score (nSPS) is 17.1. The molecule has 2 aromatic heterocycles. The van der Waals surface area contributed by atoms with E-state index < -0.39 is 32.8 Å². The maximum absolute atomic E-state index is 11.1. The number of likely N-dealkylation sites (N-methyl/N-ethyl adjacent to an activating group) is 1. The molecule has 2 aliphatic rings. The zero-order chi connectivity index (χ0) is 34.4. The van der Waals surface area contributed by atoms with Crippen molar-refractivity contribution in [2.75, 3.05) is 22.6 Å². The van der Waals surface area contributed by atoms with Crippen LogP contribution in [0.5, 0.6) is 0 Å². The molecule has 0 aromatic carbocycles. The summed E-state index contributed by atoms with van der Waals surface area (Å²) in [6.07, 6.45) is 11.6. The number of carboxylic acids is 1. The summed E-state index contributed by atoms with van der Waals surface area (Å²) in [7, 11) is -4.44. The van der Waals surface area contributed by atoms with Gasteiger partial charge >= 0.3 is 63.2 Å². The van der Waals surface area contributed by atoms with Gasteiger partial charge in [0.15, 0.2) is 5.71 Å². The summed E-state index contributed by atoms with van der Waals surface area (Å²) in [4.78, 5) is 27.0. The second-order valence-corrected chi connectivity index (χ2v) is 14.1. The van der Waals surface area contributed by atoms with Crippen molar-refractivity contribution in [3.8, 4) is 0 Å². The maximum Gasteiger partial charge on any atom is 1.00 e. The molecule has 2 N–H and O–H groups in total. The number of fused-ring (bicyclic) bond motifs is 2. The number of aromatic nitrogens is 2. The molecule has 0 aliphatic carbocycles. The fourth-order valence-corrected chi connectivity index (χ4v) is 6.35. The van der Waals surface area contributed by atoms with Crippen LogP contribution in [0, 0.1) is 0 Å². The second kappa shape index (κ2) is 17.3. The van der Waals surface area contributed by atoms with Crippen molar-refractivity contribution in [2.45, 2.75) is 77.7 Å². The number of nitrogens with one attached hydrogen (secondary N) is 1. The number of aliphatic carboxylic acids is 1. The molecule has 0 saturated carbocycles. The minimum absolute atomic E-state index is 0. The summed E-state index contributed by atoms with van der Waals surface area (Å²) in [6, 6.07) is 3.78. The van der Waals surface area contributed by atoms with Gasteiger partial charge < -0.3 is 25.1 Å². The van der Waals surface area contributed by atoms with E-state index >= 15 is 0 Å². The Morgan fingerprint density at radius 1 is 1.19 bits per heavy atom. The number of hydrogen-bond donors (Lipinski definition) is 2. The predicted octanol–water partition coefficient (Wildman–Crippen LogP) is 1.09. The average Bonchev–Trinajstić information content (AvgIpc) is 3.38. The number of hydrogen-bond acceptors (Lipinski definition) is 13. The van der Waals surface area contributed by atoms with Crippen molar-refractivity contribution >= 4 is 62.4 Å². The predicted molar refractivity (Wildman–Crippen MR) is 176 cm³/mol. The second-order valence-electron chi connectivity index (χ2n) is 12.2. The first-order valence-electron chi connectivity index (χ1n) is 15.1. The molecule has 0 amide bonds. The minimum Gasteiger partial charge on any atom is -0.747 e. The summed E-state index contributed by atoms with van der Waals surface area (Å²) in [5, 5.41) is 25.1. The van der Waals surface area contributed by atoms with E-state index in [1.165, 1.54) is 11.7 Å². The molecule has 0 spiro atoms.